The van der Waals surface area contributed by atoms with Crippen molar-refractivity contribution in [2.24, 2.45) is 0 Å². The number of aromatic nitrogens is 2. The van der Waals surface area contributed by atoms with Gasteiger partial charge < -0.3 is 10.6 Å². The number of aryl methyl sites for hydroxylation is 1. The number of unbranched alkanes of at least 4 members (excludes halogenated alkanes) is 1. The molecule has 0 saturated carbocycles. The fourth-order valence-corrected chi connectivity index (χ4v) is 1.89. The molecule has 0 aromatic carbocycles. The van der Waals surface area contributed by atoms with Crippen LogP contribution in [0.2, 0.25) is 0 Å². The molecular weight excluding hydrogens is 262 g/mol. The number of nitrogens with one attached hydrogen (secondary N) is 2. The van der Waals surface area contributed by atoms with E-state index in [1.165, 1.54) is 0 Å². The van der Waals surface area contributed by atoms with E-state index >= 15 is 0 Å². The van der Waals surface area contributed by atoms with Gasteiger partial charge in [0.2, 0.25) is 0 Å². The molecule has 2 amide bonds. The summed E-state index contributed by atoms with van der Waals surface area (Å²) >= 11 is 0. The smallest absolute Gasteiger partial charge is 0.314 e. The summed E-state index contributed by atoms with van der Waals surface area (Å²) in [5.74, 6) is 0. The molecule has 0 unspecified atom stereocenters. The van der Waals surface area contributed by atoms with E-state index in [-0.39, 0.29) is 11.7 Å². The Morgan fingerprint density at radius 1 is 1.35 bits per heavy atom. The molecule has 0 saturated heterocycles. The summed E-state index contributed by atoms with van der Waals surface area (Å²) in [6, 6.07) is -0.227. The Balaban J connectivity index is 2.45. The Labute approximate surface area is 117 Å². The summed E-state index contributed by atoms with van der Waals surface area (Å²) in [5, 5.41) is 20.4. The molecule has 2 N–H and O–H groups in total. The van der Waals surface area contributed by atoms with Crippen molar-refractivity contribution < 1.29 is 9.72 Å². The standard InChI is InChI=1S/C12H21N5O3/c1-4-5-6-13-12(18)14-7-8-16-10(3)11(17(19)20)9(2)15-16/h4-8H2,1-3H3,(H2,13,14,18). The van der Waals surface area contributed by atoms with E-state index in [1.807, 2.05) is 0 Å². The van der Waals surface area contributed by atoms with Crippen molar-refractivity contribution in [1.29, 1.82) is 0 Å². The predicted molar refractivity (Wildman–Crippen MR) is 74.7 cm³/mol. The second-order valence-electron chi connectivity index (χ2n) is 4.54. The zero-order valence-electron chi connectivity index (χ0n) is 12.1. The van der Waals surface area contributed by atoms with Gasteiger partial charge >= 0.3 is 11.7 Å². The molecule has 0 radical (unpaired) electrons. The van der Waals surface area contributed by atoms with Gasteiger partial charge in [-0.2, -0.15) is 5.10 Å². The highest BCUT2D eigenvalue weighted by Crippen LogP contribution is 2.21. The monoisotopic (exact) mass is 283 g/mol. The van der Waals surface area contributed by atoms with E-state index in [2.05, 4.69) is 22.7 Å². The van der Waals surface area contributed by atoms with E-state index in [0.29, 0.717) is 31.0 Å². The molecule has 0 aliphatic rings. The average Bonchev–Trinajstić information content (AvgIpc) is 2.65. The van der Waals surface area contributed by atoms with Gasteiger partial charge in [0.1, 0.15) is 11.4 Å². The Hall–Kier alpha value is -2.12. The van der Waals surface area contributed by atoms with Crippen molar-refractivity contribution in [1.82, 2.24) is 20.4 Å². The van der Waals surface area contributed by atoms with Gasteiger partial charge in [-0.05, 0) is 20.3 Å². The van der Waals surface area contributed by atoms with Crippen LogP contribution in [0.25, 0.3) is 0 Å². The van der Waals surface area contributed by atoms with Gasteiger partial charge in [-0.15, -0.1) is 0 Å². The summed E-state index contributed by atoms with van der Waals surface area (Å²) in [7, 11) is 0. The lowest BCUT2D eigenvalue weighted by Crippen LogP contribution is -2.37. The van der Waals surface area contributed by atoms with E-state index in [0.717, 1.165) is 12.8 Å². The highest BCUT2D eigenvalue weighted by Gasteiger charge is 2.21. The summed E-state index contributed by atoms with van der Waals surface area (Å²) in [6.07, 6.45) is 1.97. The maximum Gasteiger partial charge on any atom is 0.314 e. The second-order valence-corrected chi connectivity index (χ2v) is 4.54. The average molecular weight is 283 g/mol. The Morgan fingerprint density at radius 3 is 2.55 bits per heavy atom. The summed E-state index contributed by atoms with van der Waals surface area (Å²) in [6.45, 7) is 6.73. The molecule has 1 aromatic rings. The molecule has 0 bridgehead atoms. The molecule has 8 nitrogen and oxygen atoms in total. The third-order valence-corrected chi connectivity index (χ3v) is 2.95. The van der Waals surface area contributed by atoms with E-state index in [9.17, 15) is 14.9 Å². The first-order chi connectivity index (χ1) is 9.47. The van der Waals surface area contributed by atoms with Crippen LogP contribution < -0.4 is 10.6 Å². The molecule has 0 atom stereocenters. The summed E-state index contributed by atoms with van der Waals surface area (Å²) < 4.78 is 1.54. The van der Waals surface area contributed by atoms with Gasteiger partial charge in [0.15, 0.2) is 0 Å². The van der Waals surface area contributed by atoms with Gasteiger partial charge in [-0.25, -0.2) is 4.79 Å². The van der Waals surface area contributed by atoms with Crippen LogP contribution in [0.3, 0.4) is 0 Å². The van der Waals surface area contributed by atoms with Crippen molar-refractivity contribution in [3.8, 4) is 0 Å². The van der Waals surface area contributed by atoms with Crippen LogP contribution in [0.1, 0.15) is 31.2 Å². The summed E-state index contributed by atoms with van der Waals surface area (Å²) in [5.41, 5.74) is 0.929. The normalized spacial score (nSPS) is 10.3. The Bertz CT molecular complexity index is 484. The largest absolute Gasteiger partial charge is 0.338 e. The SMILES string of the molecule is CCCCNC(=O)NCCn1nc(C)c([N+](=O)[O-])c1C. The number of rotatable bonds is 7. The lowest BCUT2D eigenvalue weighted by molar-refractivity contribution is -0.386. The van der Waals surface area contributed by atoms with Crippen LogP contribution in [0.15, 0.2) is 0 Å². The fraction of sp³-hybridized carbons (Fsp3) is 0.667. The first-order valence-electron chi connectivity index (χ1n) is 6.67. The fourth-order valence-electron chi connectivity index (χ4n) is 1.89. The van der Waals surface area contributed by atoms with Crippen LogP contribution in [0, 0.1) is 24.0 Å². The number of nitro groups is 1. The topological polar surface area (TPSA) is 102 Å². The van der Waals surface area contributed by atoms with Gasteiger partial charge in [0.05, 0.1) is 11.5 Å². The Kier molecular flexibility index (Phi) is 5.95. The van der Waals surface area contributed by atoms with Crippen LogP contribution >= 0.6 is 0 Å². The zero-order chi connectivity index (χ0) is 15.1. The molecule has 0 spiro atoms. The molecule has 20 heavy (non-hydrogen) atoms. The van der Waals surface area contributed by atoms with Gasteiger partial charge in [0, 0.05) is 13.1 Å². The molecule has 0 fully saturated rings. The molecule has 0 aliphatic heterocycles. The highest BCUT2D eigenvalue weighted by atomic mass is 16.6. The first-order valence-corrected chi connectivity index (χ1v) is 6.67. The zero-order valence-corrected chi connectivity index (χ0v) is 12.1. The maximum atomic E-state index is 11.4. The lowest BCUT2D eigenvalue weighted by atomic mass is 10.3. The van der Waals surface area contributed by atoms with E-state index in [1.54, 1.807) is 18.5 Å². The quantitative estimate of drug-likeness (QED) is 0.450. The van der Waals surface area contributed by atoms with Crippen LogP contribution in [-0.2, 0) is 6.54 Å². The van der Waals surface area contributed by atoms with Crippen LogP contribution in [-0.4, -0.2) is 33.8 Å². The number of urea groups is 1. The van der Waals surface area contributed by atoms with Gasteiger partial charge in [-0.3, -0.25) is 14.8 Å². The van der Waals surface area contributed by atoms with Crippen LogP contribution in [0.5, 0.6) is 0 Å². The first kappa shape index (κ1) is 15.9. The van der Waals surface area contributed by atoms with Crippen molar-refractivity contribution >= 4 is 11.7 Å². The van der Waals surface area contributed by atoms with Gasteiger partial charge in [0.25, 0.3) is 0 Å². The molecule has 112 valence electrons. The molecule has 1 heterocycles. The number of carbonyl (C=O) groups excluding carboxylic acids is 1. The Morgan fingerprint density at radius 2 is 2.00 bits per heavy atom. The molecule has 0 aliphatic carbocycles. The van der Waals surface area contributed by atoms with Crippen molar-refractivity contribution in [2.45, 2.75) is 40.2 Å². The second kappa shape index (κ2) is 7.46. The van der Waals surface area contributed by atoms with Crippen LogP contribution in [0.4, 0.5) is 10.5 Å². The molecule has 1 rings (SSSR count). The predicted octanol–water partition coefficient (Wildman–Crippen LogP) is 1.51. The third-order valence-electron chi connectivity index (χ3n) is 2.95. The molecule has 1 aromatic heterocycles. The summed E-state index contributed by atoms with van der Waals surface area (Å²) in [4.78, 5) is 21.8. The minimum absolute atomic E-state index is 0.0393. The van der Waals surface area contributed by atoms with E-state index in [4.69, 9.17) is 0 Å². The van der Waals surface area contributed by atoms with Crippen molar-refractivity contribution in [3.63, 3.8) is 0 Å². The minimum atomic E-state index is -0.431. The van der Waals surface area contributed by atoms with E-state index < -0.39 is 4.92 Å². The highest BCUT2D eigenvalue weighted by molar-refractivity contribution is 5.73. The number of hydrogen-bond donors (Lipinski definition) is 2. The number of nitrogens with zero attached hydrogens (tertiary/aromatic N) is 3. The lowest BCUT2D eigenvalue weighted by Gasteiger charge is -2.07. The van der Waals surface area contributed by atoms with Crippen molar-refractivity contribution in [2.75, 3.05) is 13.1 Å². The molecule has 8 heteroatoms. The maximum absolute atomic E-state index is 11.4. The number of hydrogen-bond acceptors (Lipinski definition) is 4. The van der Waals surface area contributed by atoms with Gasteiger partial charge in [-0.1, -0.05) is 13.3 Å². The number of carbonyl (C=O) groups is 1. The van der Waals surface area contributed by atoms with Crippen molar-refractivity contribution in [3.05, 3.63) is 21.5 Å². The molecular formula is C12H21N5O3. The number of amides is 2. The third kappa shape index (κ3) is 4.22. The minimum Gasteiger partial charge on any atom is -0.338 e.